The smallest absolute Gasteiger partial charge is 0.233 e. The van der Waals surface area contributed by atoms with Crippen LogP contribution in [0.5, 0.6) is 5.88 Å². The number of hydrogen-bond donors (Lipinski definition) is 3. The molecule has 0 fully saturated rings. The highest BCUT2D eigenvalue weighted by Gasteiger charge is 2.25. The zero-order chi connectivity index (χ0) is 25.7. The van der Waals surface area contributed by atoms with E-state index >= 15 is 0 Å². The highest BCUT2D eigenvalue weighted by Crippen LogP contribution is 2.33. The fourth-order valence-corrected chi connectivity index (χ4v) is 4.69. The number of amides is 1. The molecular weight excluding hydrogens is 466 g/mol. The van der Waals surface area contributed by atoms with Gasteiger partial charge in [0.25, 0.3) is 0 Å². The number of carbonyl (C=O) groups is 1. The van der Waals surface area contributed by atoms with Crippen LogP contribution in [0.4, 0.5) is 8.78 Å². The Morgan fingerprint density at radius 1 is 1.14 bits per heavy atom. The second-order valence-corrected chi connectivity index (χ2v) is 9.08. The summed E-state index contributed by atoms with van der Waals surface area (Å²) < 4.78 is 32.4. The number of aryl methyl sites for hydroxylation is 1. The van der Waals surface area contributed by atoms with Crippen molar-refractivity contribution in [1.29, 1.82) is 0 Å². The Bertz CT molecular complexity index is 1190. The largest absolute Gasteiger partial charge is 0.480 e. The minimum atomic E-state index is -0.971. The van der Waals surface area contributed by atoms with Crippen LogP contribution in [0, 0.1) is 11.6 Å². The summed E-state index contributed by atoms with van der Waals surface area (Å²) in [6.45, 7) is 1.54. The van der Waals surface area contributed by atoms with E-state index in [0.717, 1.165) is 42.1 Å². The number of benzene rings is 2. The van der Waals surface area contributed by atoms with Crippen molar-refractivity contribution < 1.29 is 23.4 Å². The van der Waals surface area contributed by atoms with Crippen molar-refractivity contribution >= 4 is 5.91 Å². The zero-order valence-corrected chi connectivity index (χ0v) is 20.3. The topological polar surface area (TPSA) is 96.4 Å². The number of nitrogens with zero attached hydrogens (tertiary/aromatic N) is 2. The molecule has 1 amide bonds. The van der Waals surface area contributed by atoms with E-state index in [1.807, 2.05) is 12.1 Å². The van der Waals surface area contributed by atoms with Crippen molar-refractivity contribution in [2.75, 3.05) is 13.7 Å². The molecule has 0 saturated heterocycles. The van der Waals surface area contributed by atoms with E-state index in [0.29, 0.717) is 11.4 Å². The fraction of sp³-hybridized carbons (Fsp3) is 0.370. The third kappa shape index (κ3) is 6.41. The highest BCUT2D eigenvalue weighted by atomic mass is 19.1. The van der Waals surface area contributed by atoms with Crippen molar-refractivity contribution in [3.05, 3.63) is 76.9 Å². The van der Waals surface area contributed by atoms with Crippen LogP contribution in [0.3, 0.4) is 0 Å². The minimum Gasteiger partial charge on any atom is -0.480 e. The zero-order valence-electron chi connectivity index (χ0n) is 20.3. The molecule has 9 heteroatoms. The van der Waals surface area contributed by atoms with Crippen LogP contribution in [0.25, 0.3) is 11.3 Å². The Labute approximate surface area is 208 Å². The van der Waals surface area contributed by atoms with Crippen LogP contribution in [0.2, 0.25) is 0 Å². The van der Waals surface area contributed by atoms with Crippen LogP contribution < -0.4 is 15.4 Å². The summed E-state index contributed by atoms with van der Waals surface area (Å²) in [5, 5.41) is 25.4. The molecule has 1 aliphatic carbocycles. The van der Waals surface area contributed by atoms with E-state index in [1.54, 1.807) is 13.2 Å². The van der Waals surface area contributed by atoms with E-state index in [-0.39, 0.29) is 24.9 Å². The number of nitrogens with one attached hydrogen (secondary N) is 2. The molecule has 4 rings (SSSR count). The minimum absolute atomic E-state index is 0.000787. The van der Waals surface area contributed by atoms with Crippen molar-refractivity contribution in [3.8, 4) is 17.1 Å². The Kier molecular flexibility index (Phi) is 8.22. The van der Waals surface area contributed by atoms with Gasteiger partial charge in [-0.05, 0) is 66.6 Å². The lowest BCUT2D eigenvalue weighted by atomic mass is 9.86. The number of methoxy groups -OCH3 is 1. The molecule has 190 valence electrons. The van der Waals surface area contributed by atoms with E-state index in [9.17, 15) is 18.7 Å². The SMILES string of the molecule is COc1ccc(-c2ccc3c(c2)[C@@H](NC[C@@H](O)[C@H](Cc2cc(F)cc(F)c2)NC(C)=O)CCC3)nn1. The molecule has 0 unspecified atom stereocenters. The molecule has 0 aliphatic heterocycles. The van der Waals surface area contributed by atoms with E-state index in [2.05, 4.69) is 33.0 Å². The third-order valence-electron chi connectivity index (χ3n) is 6.41. The number of halogens is 2. The first-order valence-electron chi connectivity index (χ1n) is 12.0. The van der Waals surface area contributed by atoms with Crippen LogP contribution in [0.15, 0.2) is 48.5 Å². The first-order chi connectivity index (χ1) is 17.3. The maximum atomic E-state index is 13.7. The highest BCUT2D eigenvalue weighted by molar-refractivity contribution is 5.73. The predicted molar refractivity (Wildman–Crippen MR) is 131 cm³/mol. The van der Waals surface area contributed by atoms with Gasteiger partial charge in [-0.15, -0.1) is 10.2 Å². The molecule has 1 aromatic heterocycles. The summed E-state index contributed by atoms with van der Waals surface area (Å²) in [7, 11) is 1.54. The first kappa shape index (κ1) is 25.7. The van der Waals surface area contributed by atoms with Gasteiger partial charge in [0.2, 0.25) is 11.8 Å². The Hall–Kier alpha value is -3.43. The number of aliphatic hydroxyl groups is 1. The Morgan fingerprint density at radius 3 is 2.58 bits per heavy atom. The summed E-state index contributed by atoms with van der Waals surface area (Å²) in [5.74, 6) is -1.28. The number of ether oxygens (including phenoxy) is 1. The van der Waals surface area contributed by atoms with E-state index in [1.165, 1.54) is 24.6 Å². The molecule has 3 atom stereocenters. The summed E-state index contributed by atoms with van der Waals surface area (Å²) in [6.07, 6.45) is 1.97. The van der Waals surface area contributed by atoms with Crippen molar-refractivity contribution in [1.82, 2.24) is 20.8 Å². The quantitative estimate of drug-likeness (QED) is 0.420. The van der Waals surface area contributed by atoms with Crippen LogP contribution >= 0.6 is 0 Å². The summed E-state index contributed by atoms with van der Waals surface area (Å²) in [5.41, 5.74) is 4.39. The van der Waals surface area contributed by atoms with Gasteiger partial charge < -0.3 is 20.5 Å². The van der Waals surface area contributed by atoms with Crippen molar-refractivity contribution in [3.63, 3.8) is 0 Å². The van der Waals surface area contributed by atoms with Gasteiger partial charge in [-0.2, -0.15) is 0 Å². The van der Waals surface area contributed by atoms with Gasteiger partial charge in [-0.25, -0.2) is 8.78 Å². The van der Waals surface area contributed by atoms with Gasteiger partial charge in [0.05, 0.1) is 24.9 Å². The predicted octanol–water partition coefficient (Wildman–Crippen LogP) is 3.51. The third-order valence-corrected chi connectivity index (χ3v) is 6.41. The molecule has 36 heavy (non-hydrogen) atoms. The first-order valence-corrected chi connectivity index (χ1v) is 12.0. The maximum absolute atomic E-state index is 13.7. The second kappa shape index (κ2) is 11.5. The molecular formula is C27H30F2N4O3. The van der Waals surface area contributed by atoms with Crippen molar-refractivity contribution in [2.24, 2.45) is 0 Å². The van der Waals surface area contributed by atoms with Gasteiger partial charge >= 0.3 is 0 Å². The number of carbonyl (C=O) groups excluding carboxylic acids is 1. The number of rotatable bonds is 9. The normalized spacial score (nSPS) is 16.6. The molecule has 7 nitrogen and oxygen atoms in total. The number of aromatic nitrogens is 2. The summed E-state index contributed by atoms with van der Waals surface area (Å²) in [4.78, 5) is 11.8. The fourth-order valence-electron chi connectivity index (χ4n) is 4.69. The standard InChI is InChI=1S/C27H30F2N4O3/c1-16(34)31-25(12-17-10-20(28)14-21(29)11-17)26(35)15-30-24-5-3-4-18-6-7-19(13-22(18)24)23-8-9-27(36-2)33-32-23/h6-11,13-14,24-26,30,35H,3-5,12,15H2,1-2H3,(H,31,34)/t24-,25-,26+/m0/s1. The average Bonchev–Trinajstić information content (AvgIpc) is 2.85. The Balaban J connectivity index is 1.48. The van der Waals surface area contributed by atoms with Crippen LogP contribution in [0.1, 0.15) is 42.5 Å². The molecule has 0 radical (unpaired) electrons. The van der Waals surface area contributed by atoms with Gasteiger partial charge in [-0.3, -0.25) is 4.79 Å². The molecule has 2 aromatic carbocycles. The van der Waals surface area contributed by atoms with Gasteiger partial charge in [-0.1, -0.05) is 12.1 Å². The number of hydrogen-bond acceptors (Lipinski definition) is 6. The molecule has 1 heterocycles. The summed E-state index contributed by atoms with van der Waals surface area (Å²) in [6, 6.07) is 12.3. The summed E-state index contributed by atoms with van der Waals surface area (Å²) >= 11 is 0. The number of aliphatic hydroxyl groups excluding tert-OH is 1. The monoisotopic (exact) mass is 496 g/mol. The van der Waals surface area contributed by atoms with Gasteiger partial charge in [0.15, 0.2) is 0 Å². The molecule has 1 aliphatic rings. The molecule has 0 bridgehead atoms. The Morgan fingerprint density at radius 2 is 1.92 bits per heavy atom. The molecule has 3 N–H and O–H groups in total. The molecule has 0 saturated carbocycles. The van der Waals surface area contributed by atoms with E-state index in [4.69, 9.17) is 4.74 Å². The maximum Gasteiger partial charge on any atom is 0.233 e. The molecule has 3 aromatic rings. The lowest BCUT2D eigenvalue weighted by molar-refractivity contribution is -0.120. The molecule has 0 spiro atoms. The van der Waals surface area contributed by atoms with E-state index < -0.39 is 23.8 Å². The van der Waals surface area contributed by atoms with Gasteiger partial charge in [0, 0.05) is 37.2 Å². The average molecular weight is 497 g/mol. The van der Waals surface area contributed by atoms with Crippen molar-refractivity contribution in [2.45, 2.75) is 50.8 Å². The van der Waals surface area contributed by atoms with Crippen LogP contribution in [-0.4, -0.2) is 47.0 Å². The van der Waals surface area contributed by atoms with Crippen LogP contribution in [-0.2, 0) is 17.6 Å². The lowest BCUT2D eigenvalue weighted by Gasteiger charge is -2.30. The number of fused-ring (bicyclic) bond motifs is 1. The lowest BCUT2D eigenvalue weighted by Crippen LogP contribution is -2.48. The van der Waals surface area contributed by atoms with Gasteiger partial charge in [0.1, 0.15) is 11.6 Å². The second-order valence-electron chi connectivity index (χ2n) is 9.08.